The Morgan fingerprint density at radius 2 is 2.16 bits per heavy atom. The fourth-order valence-corrected chi connectivity index (χ4v) is 4.45. The second-order valence-corrected chi connectivity index (χ2v) is 7.98. The summed E-state index contributed by atoms with van der Waals surface area (Å²) in [5, 5.41) is 6.82. The van der Waals surface area contributed by atoms with Crippen molar-refractivity contribution in [2.24, 2.45) is 10.9 Å². The van der Waals surface area contributed by atoms with Crippen LogP contribution in [0, 0.1) is 12.8 Å². The Morgan fingerprint density at radius 1 is 1.36 bits per heavy atom. The number of thiazole rings is 1. The molecule has 25 heavy (non-hydrogen) atoms. The van der Waals surface area contributed by atoms with E-state index in [1.165, 1.54) is 24.1 Å². The quantitative estimate of drug-likeness (QED) is 0.636. The van der Waals surface area contributed by atoms with Crippen molar-refractivity contribution in [3.8, 4) is 0 Å². The molecule has 1 amide bonds. The maximum absolute atomic E-state index is 12.7. The summed E-state index contributed by atoms with van der Waals surface area (Å²) in [4.78, 5) is 24.5. The molecule has 3 rings (SSSR count). The first kappa shape index (κ1) is 18.2. The van der Waals surface area contributed by atoms with Crippen molar-refractivity contribution in [1.29, 1.82) is 0 Å². The molecule has 1 unspecified atom stereocenters. The van der Waals surface area contributed by atoms with Crippen LogP contribution in [0.5, 0.6) is 0 Å². The Balaban J connectivity index is 1.46. The van der Waals surface area contributed by atoms with Crippen molar-refractivity contribution >= 4 is 23.2 Å². The number of likely N-dealkylation sites (tertiary alicyclic amines) is 1. The van der Waals surface area contributed by atoms with Gasteiger partial charge in [0.25, 0.3) is 0 Å². The van der Waals surface area contributed by atoms with Gasteiger partial charge < -0.3 is 15.5 Å². The summed E-state index contributed by atoms with van der Waals surface area (Å²) in [5.41, 5.74) is 2.94. The van der Waals surface area contributed by atoms with Crippen LogP contribution in [0.4, 0.5) is 0 Å². The number of aryl methyl sites for hydroxylation is 1. The summed E-state index contributed by atoms with van der Waals surface area (Å²) in [6.07, 6.45) is 6.84. The maximum Gasteiger partial charge on any atom is 0.225 e. The molecule has 1 aromatic heterocycles. The lowest BCUT2D eigenvalue weighted by Gasteiger charge is -2.26. The van der Waals surface area contributed by atoms with Gasteiger partial charge in [0.2, 0.25) is 5.91 Å². The number of guanidine groups is 1. The second-order valence-electron chi connectivity index (χ2n) is 7.04. The molecule has 6 nitrogen and oxygen atoms in total. The van der Waals surface area contributed by atoms with E-state index < -0.39 is 0 Å². The zero-order valence-electron chi connectivity index (χ0n) is 15.3. The van der Waals surface area contributed by atoms with Crippen molar-refractivity contribution in [3.05, 3.63) is 16.1 Å². The van der Waals surface area contributed by atoms with Gasteiger partial charge in [-0.25, -0.2) is 4.98 Å². The van der Waals surface area contributed by atoms with E-state index in [-0.39, 0.29) is 12.0 Å². The van der Waals surface area contributed by atoms with Crippen molar-refractivity contribution in [3.63, 3.8) is 0 Å². The first-order chi connectivity index (χ1) is 12.2. The minimum absolute atomic E-state index is 0.263. The fourth-order valence-electron chi connectivity index (χ4n) is 3.73. The van der Waals surface area contributed by atoms with E-state index in [1.807, 2.05) is 17.3 Å². The highest BCUT2D eigenvalue weighted by atomic mass is 32.1. The van der Waals surface area contributed by atoms with Crippen LogP contribution in [0.3, 0.4) is 0 Å². The van der Waals surface area contributed by atoms with Gasteiger partial charge in [0.05, 0.1) is 17.7 Å². The van der Waals surface area contributed by atoms with Crippen LogP contribution >= 0.6 is 11.3 Å². The molecule has 0 aromatic carbocycles. The van der Waals surface area contributed by atoms with Crippen molar-refractivity contribution < 1.29 is 4.79 Å². The van der Waals surface area contributed by atoms with E-state index in [2.05, 4.69) is 20.6 Å². The Morgan fingerprint density at radius 3 is 2.84 bits per heavy atom. The van der Waals surface area contributed by atoms with Gasteiger partial charge in [-0.05, 0) is 26.2 Å². The van der Waals surface area contributed by atoms with E-state index in [0.29, 0.717) is 5.91 Å². The predicted molar refractivity (Wildman–Crippen MR) is 102 cm³/mol. The SMILES string of the molecule is CN=C(NCc1scnc1C)NC1CCN(C(=O)C2CCCCC2)C1. The fraction of sp³-hybridized carbons (Fsp3) is 0.722. The summed E-state index contributed by atoms with van der Waals surface area (Å²) in [5.74, 6) is 1.43. The van der Waals surface area contributed by atoms with Crippen LogP contribution in [-0.2, 0) is 11.3 Å². The molecule has 2 aliphatic rings. The first-order valence-electron chi connectivity index (χ1n) is 9.32. The molecule has 2 N–H and O–H groups in total. The smallest absolute Gasteiger partial charge is 0.225 e. The third-order valence-electron chi connectivity index (χ3n) is 5.28. The molecule has 1 aliphatic carbocycles. The number of aliphatic imine (C=N–C) groups is 1. The Hall–Kier alpha value is -1.63. The third-order valence-corrected chi connectivity index (χ3v) is 6.22. The molecule has 1 aliphatic heterocycles. The Bertz CT molecular complexity index is 608. The van der Waals surface area contributed by atoms with Gasteiger partial charge in [0.15, 0.2) is 5.96 Å². The van der Waals surface area contributed by atoms with E-state index in [9.17, 15) is 4.79 Å². The Labute approximate surface area is 154 Å². The molecule has 0 spiro atoms. The maximum atomic E-state index is 12.7. The number of amides is 1. The second kappa shape index (κ2) is 8.65. The molecule has 0 bridgehead atoms. The number of nitrogens with zero attached hydrogens (tertiary/aromatic N) is 3. The van der Waals surface area contributed by atoms with Crippen LogP contribution in [0.25, 0.3) is 0 Å². The van der Waals surface area contributed by atoms with E-state index in [1.54, 1.807) is 18.4 Å². The van der Waals surface area contributed by atoms with Gasteiger partial charge in [-0.1, -0.05) is 19.3 Å². The minimum Gasteiger partial charge on any atom is -0.352 e. The van der Waals surface area contributed by atoms with Crippen LogP contribution in [0.1, 0.15) is 49.1 Å². The molecule has 2 fully saturated rings. The largest absolute Gasteiger partial charge is 0.352 e. The lowest BCUT2D eigenvalue weighted by atomic mass is 9.88. The first-order valence-corrected chi connectivity index (χ1v) is 10.2. The highest BCUT2D eigenvalue weighted by molar-refractivity contribution is 7.09. The van der Waals surface area contributed by atoms with Gasteiger partial charge in [-0.3, -0.25) is 9.79 Å². The van der Waals surface area contributed by atoms with Gasteiger partial charge in [0, 0.05) is 37.0 Å². The number of aromatic nitrogens is 1. The summed E-state index contributed by atoms with van der Waals surface area (Å²) in [6, 6.07) is 0.279. The zero-order valence-corrected chi connectivity index (χ0v) is 16.1. The van der Waals surface area contributed by atoms with Crippen molar-refractivity contribution in [1.82, 2.24) is 20.5 Å². The average Bonchev–Trinajstić information content (AvgIpc) is 3.27. The third kappa shape index (κ3) is 4.71. The monoisotopic (exact) mass is 363 g/mol. The molecule has 0 radical (unpaired) electrons. The number of hydrogen-bond donors (Lipinski definition) is 2. The molecule has 1 atom stereocenters. The Kier molecular flexibility index (Phi) is 6.29. The molecule has 1 aromatic rings. The van der Waals surface area contributed by atoms with E-state index in [4.69, 9.17) is 0 Å². The zero-order chi connectivity index (χ0) is 17.6. The number of nitrogens with one attached hydrogen (secondary N) is 2. The van der Waals surface area contributed by atoms with Crippen molar-refractivity contribution in [2.75, 3.05) is 20.1 Å². The van der Waals surface area contributed by atoms with Gasteiger partial charge in [-0.15, -0.1) is 11.3 Å². The van der Waals surface area contributed by atoms with E-state index >= 15 is 0 Å². The number of carbonyl (C=O) groups is 1. The van der Waals surface area contributed by atoms with Crippen LogP contribution in [0.15, 0.2) is 10.5 Å². The topological polar surface area (TPSA) is 69.6 Å². The molecule has 2 heterocycles. The molecular formula is C18H29N5OS. The van der Waals surface area contributed by atoms with Crippen LogP contribution in [-0.4, -0.2) is 47.9 Å². The summed E-state index contributed by atoms with van der Waals surface area (Å²) in [6.45, 7) is 4.40. The number of carbonyl (C=O) groups excluding carboxylic acids is 1. The molecule has 1 saturated heterocycles. The standard InChI is InChI=1S/C18H29N5OS/c1-13-16(25-12-21-13)10-20-18(19-2)22-15-8-9-23(11-15)17(24)14-6-4-3-5-7-14/h12,14-15H,3-11H2,1-2H3,(H2,19,20,22). The molecular weight excluding hydrogens is 334 g/mol. The highest BCUT2D eigenvalue weighted by Gasteiger charge is 2.31. The lowest BCUT2D eigenvalue weighted by Crippen LogP contribution is -2.45. The predicted octanol–water partition coefficient (Wildman–Crippen LogP) is 2.30. The van der Waals surface area contributed by atoms with E-state index in [0.717, 1.165) is 50.6 Å². The molecule has 7 heteroatoms. The van der Waals surface area contributed by atoms with Crippen LogP contribution in [0.2, 0.25) is 0 Å². The van der Waals surface area contributed by atoms with Crippen molar-refractivity contribution in [2.45, 2.75) is 58.0 Å². The number of rotatable bonds is 4. The highest BCUT2D eigenvalue weighted by Crippen LogP contribution is 2.26. The van der Waals surface area contributed by atoms with Gasteiger partial charge in [0.1, 0.15) is 0 Å². The summed E-state index contributed by atoms with van der Waals surface area (Å²) in [7, 11) is 1.79. The molecule has 138 valence electrons. The average molecular weight is 364 g/mol. The minimum atomic E-state index is 0.263. The lowest BCUT2D eigenvalue weighted by molar-refractivity contribution is -0.135. The van der Waals surface area contributed by atoms with Gasteiger partial charge >= 0.3 is 0 Å². The van der Waals surface area contributed by atoms with Gasteiger partial charge in [-0.2, -0.15) is 0 Å². The molecule has 1 saturated carbocycles. The summed E-state index contributed by atoms with van der Waals surface area (Å²) >= 11 is 1.66. The normalized spacial score (nSPS) is 22.2. The number of hydrogen-bond acceptors (Lipinski definition) is 4. The van der Waals surface area contributed by atoms with Crippen LogP contribution < -0.4 is 10.6 Å². The summed E-state index contributed by atoms with van der Waals surface area (Å²) < 4.78 is 0.